The predicted octanol–water partition coefficient (Wildman–Crippen LogP) is 3.79. The molecule has 0 bridgehead atoms. The molecule has 1 N–H and O–H groups in total. The fourth-order valence-corrected chi connectivity index (χ4v) is 1.94. The molecule has 0 aliphatic heterocycles. The van der Waals surface area contributed by atoms with Crippen molar-refractivity contribution in [1.29, 1.82) is 0 Å². The maximum absolute atomic E-state index is 12.2. The van der Waals surface area contributed by atoms with Gasteiger partial charge in [0.05, 0.1) is 13.2 Å². The van der Waals surface area contributed by atoms with Crippen molar-refractivity contribution in [2.45, 2.75) is 53.7 Å². The highest BCUT2D eigenvalue weighted by molar-refractivity contribution is 5.94. The molecule has 1 amide bonds. The Morgan fingerprint density at radius 2 is 1.95 bits per heavy atom. The molecule has 0 aliphatic carbocycles. The second kappa shape index (κ2) is 9.46. The molecule has 0 aliphatic rings. The summed E-state index contributed by atoms with van der Waals surface area (Å²) in [4.78, 5) is 12.2. The summed E-state index contributed by atoms with van der Waals surface area (Å²) in [5.41, 5.74) is 1.56. The zero-order valence-corrected chi connectivity index (χ0v) is 14.4. The fraction of sp³-hybridized carbons (Fsp3) is 0.611. The Hall–Kier alpha value is -1.55. The van der Waals surface area contributed by atoms with Crippen LogP contribution in [0.1, 0.15) is 57.0 Å². The van der Waals surface area contributed by atoms with Gasteiger partial charge in [0.15, 0.2) is 0 Å². The van der Waals surface area contributed by atoms with Crippen molar-refractivity contribution < 1.29 is 14.3 Å². The highest BCUT2D eigenvalue weighted by Gasteiger charge is 2.12. The number of carbonyl (C=O) groups is 1. The highest BCUT2D eigenvalue weighted by Crippen LogP contribution is 2.22. The SMILES string of the molecule is CCOc1ccc(C(=O)N[C@@H](C)CC)cc1COCC(C)C. The molecule has 4 heteroatoms. The van der Waals surface area contributed by atoms with Gasteiger partial charge in [0.2, 0.25) is 0 Å². The third kappa shape index (κ3) is 6.06. The number of hydrogen-bond acceptors (Lipinski definition) is 3. The van der Waals surface area contributed by atoms with Crippen LogP contribution in [0.3, 0.4) is 0 Å². The molecule has 0 spiro atoms. The molecular formula is C18H29NO3. The van der Waals surface area contributed by atoms with Crippen LogP contribution in [0.4, 0.5) is 0 Å². The van der Waals surface area contributed by atoms with E-state index in [-0.39, 0.29) is 11.9 Å². The molecular weight excluding hydrogens is 278 g/mol. The summed E-state index contributed by atoms with van der Waals surface area (Å²) in [7, 11) is 0. The van der Waals surface area contributed by atoms with Gasteiger partial charge in [-0.1, -0.05) is 20.8 Å². The average Bonchev–Trinajstić information content (AvgIpc) is 2.48. The highest BCUT2D eigenvalue weighted by atomic mass is 16.5. The van der Waals surface area contributed by atoms with Gasteiger partial charge in [-0.2, -0.15) is 0 Å². The molecule has 4 nitrogen and oxygen atoms in total. The lowest BCUT2D eigenvalue weighted by molar-refractivity contribution is 0.0928. The molecule has 0 aromatic heterocycles. The van der Waals surface area contributed by atoms with Gasteiger partial charge < -0.3 is 14.8 Å². The van der Waals surface area contributed by atoms with E-state index >= 15 is 0 Å². The van der Waals surface area contributed by atoms with Crippen molar-refractivity contribution in [3.63, 3.8) is 0 Å². The number of rotatable bonds is 9. The first-order valence-electron chi connectivity index (χ1n) is 8.12. The first-order chi connectivity index (χ1) is 10.5. The molecule has 0 saturated carbocycles. The van der Waals surface area contributed by atoms with E-state index in [0.717, 1.165) is 17.7 Å². The van der Waals surface area contributed by atoms with Crippen molar-refractivity contribution in [3.05, 3.63) is 29.3 Å². The minimum Gasteiger partial charge on any atom is -0.494 e. The molecule has 0 unspecified atom stereocenters. The van der Waals surface area contributed by atoms with Crippen molar-refractivity contribution in [2.75, 3.05) is 13.2 Å². The first-order valence-corrected chi connectivity index (χ1v) is 8.12. The second-order valence-electron chi connectivity index (χ2n) is 5.95. The minimum absolute atomic E-state index is 0.0532. The summed E-state index contributed by atoms with van der Waals surface area (Å²) in [6.07, 6.45) is 0.910. The summed E-state index contributed by atoms with van der Waals surface area (Å²) >= 11 is 0. The van der Waals surface area contributed by atoms with E-state index in [1.807, 2.05) is 32.9 Å². The average molecular weight is 307 g/mol. The third-order valence-electron chi connectivity index (χ3n) is 3.32. The number of amides is 1. The largest absolute Gasteiger partial charge is 0.494 e. The van der Waals surface area contributed by atoms with Crippen LogP contribution < -0.4 is 10.1 Å². The van der Waals surface area contributed by atoms with Crippen LogP contribution in [0.15, 0.2) is 18.2 Å². The lowest BCUT2D eigenvalue weighted by Crippen LogP contribution is -2.31. The summed E-state index contributed by atoms with van der Waals surface area (Å²) < 4.78 is 11.3. The lowest BCUT2D eigenvalue weighted by Gasteiger charge is -2.15. The van der Waals surface area contributed by atoms with E-state index in [2.05, 4.69) is 19.2 Å². The van der Waals surface area contributed by atoms with Gasteiger partial charge in [0, 0.05) is 23.8 Å². The number of nitrogens with one attached hydrogen (secondary N) is 1. The molecule has 0 radical (unpaired) electrons. The number of ether oxygens (including phenoxy) is 2. The summed E-state index contributed by atoms with van der Waals surface area (Å²) in [5, 5.41) is 2.98. The Morgan fingerprint density at radius 3 is 2.55 bits per heavy atom. The van der Waals surface area contributed by atoms with Crippen LogP contribution in [-0.4, -0.2) is 25.2 Å². The Balaban J connectivity index is 2.85. The smallest absolute Gasteiger partial charge is 0.251 e. The number of carbonyl (C=O) groups excluding carboxylic acids is 1. The first kappa shape index (κ1) is 18.5. The van der Waals surface area contributed by atoms with Gasteiger partial charge in [-0.3, -0.25) is 4.79 Å². The maximum atomic E-state index is 12.2. The van der Waals surface area contributed by atoms with Crippen LogP contribution in [0.5, 0.6) is 5.75 Å². The van der Waals surface area contributed by atoms with Gasteiger partial charge in [-0.25, -0.2) is 0 Å². The topological polar surface area (TPSA) is 47.6 Å². The zero-order chi connectivity index (χ0) is 16.5. The summed E-state index contributed by atoms with van der Waals surface area (Å²) in [5.74, 6) is 1.21. The van der Waals surface area contributed by atoms with Gasteiger partial charge in [0.1, 0.15) is 5.75 Å². The zero-order valence-electron chi connectivity index (χ0n) is 14.4. The van der Waals surface area contributed by atoms with Crippen molar-refractivity contribution in [1.82, 2.24) is 5.32 Å². The van der Waals surface area contributed by atoms with Crippen LogP contribution in [0, 0.1) is 5.92 Å². The monoisotopic (exact) mass is 307 g/mol. The number of benzene rings is 1. The molecule has 22 heavy (non-hydrogen) atoms. The minimum atomic E-state index is -0.0532. The predicted molar refractivity (Wildman–Crippen MR) is 89.3 cm³/mol. The molecule has 1 aromatic carbocycles. The standard InChI is InChI=1S/C18H29NO3/c1-6-14(5)19-18(20)15-8-9-17(22-7-2)16(10-15)12-21-11-13(3)4/h8-10,13-14H,6-7,11-12H2,1-5H3,(H,19,20)/t14-/m0/s1. The summed E-state index contributed by atoms with van der Waals surface area (Å²) in [6.45, 7) is 12.0. The molecule has 124 valence electrons. The third-order valence-corrected chi connectivity index (χ3v) is 3.32. The molecule has 0 saturated heterocycles. The van der Waals surface area contributed by atoms with Crippen molar-refractivity contribution in [3.8, 4) is 5.75 Å². The second-order valence-corrected chi connectivity index (χ2v) is 5.95. The molecule has 1 aromatic rings. The molecule has 0 fully saturated rings. The van der Waals surface area contributed by atoms with E-state index in [1.165, 1.54) is 0 Å². The van der Waals surface area contributed by atoms with E-state index in [1.54, 1.807) is 6.07 Å². The molecule has 1 rings (SSSR count). The summed E-state index contributed by atoms with van der Waals surface area (Å²) in [6, 6.07) is 5.68. The van der Waals surface area contributed by atoms with E-state index in [9.17, 15) is 4.79 Å². The van der Waals surface area contributed by atoms with E-state index < -0.39 is 0 Å². The van der Waals surface area contributed by atoms with Crippen LogP contribution in [0.25, 0.3) is 0 Å². The fourth-order valence-electron chi connectivity index (χ4n) is 1.94. The van der Waals surface area contributed by atoms with E-state index in [0.29, 0.717) is 31.3 Å². The van der Waals surface area contributed by atoms with Gasteiger partial charge in [-0.15, -0.1) is 0 Å². The quantitative estimate of drug-likeness (QED) is 0.755. The lowest BCUT2D eigenvalue weighted by atomic mass is 10.1. The van der Waals surface area contributed by atoms with Crippen LogP contribution in [-0.2, 0) is 11.3 Å². The molecule has 0 heterocycles. The van der Waals surface area contributed by atoms with Crippen LogP contribution >= 0.6 is 0 Å². The number of hydrogen-bond donors (Lipinski definition) is 1. The van der Waals surface area contributed by atoms with Gasteiger partial charge in [-0.05, 0) is 44.4 Å². The van der Waals surface area contributed by atoms with Crippen molar-refractivity contribution in [2.24, 2.45) is 5.92 Å². The Kier molecular flexibility index (Phi) is 7.96. The normalized spacial score (nSPS) is 12.3. The van der Waals surface area contributed by atoms with Crippen molar-refractivity contribution >= 4 is 5.91 Å². The Morgan fingerprint density at radius 1 is 1.23 bits per heavy atom. The Labute approximate surface area is 134 Å². The molecule has 1 atom stereocenters. The van der Waals surface area contributed by atoms with Gasteiger partial charge in [0.25, 0.3) is 5.91 Å². The van der Waals surface area contributed by atoms with Crippen LogP contribution in [0.2, 0.25) is 0 Å². The maximum Gasteiger partial charge on any atom is 0.251 e. The van der Waals surface area contributed by atoms with Gasteiger partial charge >= 0.3 is 0 Å². The van der Waals surface area contributed by atoms with E-state index in [4.69, 9.17) is 9.47 Å². The Bertz CT molecular complexity index is 471.